The first-order valence-electron chi connectivity index (χ1n) is 7.15. The third kappa shape index (κ3) is 3.20. The predicted molar refractivity (Wildman–Crippen MR) is 76.6 cm³/mol. The van der Waals surface area contributed by atoms with Gasteiger partial charge in [-0.05, 0) is 56.3 Å². The lowest BCUT2D eigenvalue weighted by atomic mass is 9.93. The van der Waals surface area contributed by atoms with Crippen molar-refractivity contribution >= 4 is 0 Å². The molecule has 1 aliphatic carbocycles. The van der Waals surface area contributed by atoms with Gasteiger partial charge in [0.1, 0.15) is 0 Å². The summed E-state index contributed by atoms with van der Waals surface area (Å²) in [5.74, 6) is 0. The van der Waals surface area contributed by atoms with Crippen LogP contribution in [0.15, 0.2) is 30.1 Å². The Morgan fingerprint density at radius 1 is 1.33 bits per heavy atom. The van der Waals surface area contributed by atoms with Crippen molar-refractivity contribution in [2.45, 2.75) is 52.0 Å². The number of hydrogen-bond acceptors (Lipinski definition) is 2. The van der Waals surface area contributed by atoms with Gasteiger partial charge in [-0.15, -0.1) is 0 Å². The molecule has 1 heterocycles. The molecule has 1 unspecified atom stereocenters. The van der Waals surface area contributed by atoms with Crippen molar-refractivity contribution in [1.82, 2.24) is 10.3 Å². The molecule has 0 saturated carbocycles. The molecule has 98 valence electrons. The van der Waals surface area contributed by atoms with Crippen molar-refractivity contribution in [3.8, 4) is 0 Å². The van der Waals surface area contributed by atoms with Gasteiger partial charge >= 0.3 is 0 Å². The van der Waals surface area contributed by atoms with E-state index in [0.29, 0.717) is 6.04 Å². The summed E-state index contributed by atoms with van der Waals surface area (Å²) in [7, 11) is 0. The lowest BCUT2D eigenvalue weighted by Gasteiger charge is -2.23. The highest BCUT2D eigenvalue weighted by Gasteiger charge is 2.18. The summed E-state index contributed by atoms with van der Waals surface area (Å²) >= 11 is 0. The molecule has 1 aromatic heterocycles. The first-order chi connectivity index (χ1) is 8.83. The normalized spacial score (nSPS) is 18.0. The fourth-order valence-corrected chi connectivity index (χ4v) is 2.73. The summed E-state index contributed by atoms with van der Waals surface area (Å²) in [5.41, 5.74) is 4.24. The van der Waals surface area contributed by atoms with Crippen molar-refractivity contribution in [2.24, 2.45) is 0 Å². The van der Waals surface area contributed by atoms with Gasteiger partial charge in [-0.25, -0.2) is 0 Å². The van der Waals surface area contributed by atoms with Crippen LogP contribution in [-0.4, -0.2) is 11.5 Å². The van der Waals surface area contributed by atoms with E-state index in [-0.39, 0.29) is 0 Å². The van der Waals surface area contributed by atoms with Crippen molar-refractivity contribution < 1.29 is 0 Å². The Morgan fingerprint density at radius 3 is 3.00 bits per heavy atom. The van der Waals surface area contributed by atoms with Gasteiger partial charge in [-0.1, -0.05) is 25.0 Å². The number of rotatable bonds is 4. The van der Waals surface area contributed by atoms with E-state index in [2.05, 4.69) is 36.3 Å². The Bertz CT molecular complexity index is 409. The summed E-state index contributed by atoms with van der Waals surface area (Å²) in [6.45, 7) is 5.35. The molecule has 0 bridgehead atoms. The molecule has 0 radical (unpaired) electrons. The first kappa shape index (κ1) is 13.3. The van der Waals surface area contributed by atoms with E-state index < -0.39 is 0 Å². The monoisotopic (exact) mass is 244 g/mol. The third-order valence-electron chi connectivity index (χ3n) is 3.75. The molecule has 1 aliphatic rings. The summed E-state index contributed by atoms with van der Waals surface area (Å²) in [5, 5.41) is 3.63. The molecule has 1 N–H and O–H groups in total. The van der Waals surface area contributed by atoms with E-state index in [1.165, 1.54) is 43.2 Å². The number of pyridine rings is 1. The minimum atomic E-state index is 0.363. The van der Waals surface area contributed by atoms with Crippen LogP contribution in [0.3, 0.4) is 0 Å². The standard InChI is InChI=1S/C16H24N2/c1-3-18-16(14-8-6-4-5-7-9-14)15-12-17-11-10-13(15)2/h8,10-12,16,18H,3-7,9H2,1-2H3. The number of aromatic nitrogens is 1. The molecule has 2 heteroatoms. The van der Waals surface area contributed by atoms with Crippen molar-refractivity contribution in [3.63, 3.8) is 0 Å². The zero-order valence-corrected chi connectivity index (χ0v) is 11.6. The third-order valence-corrected chi connectivity index (χ3v) is 3.75. The topological polar surface area (TPSA) is 24.9 Å². The summed E-state index contributed by atoms with van der Waals surface area (Å²) in [4.78, 5) is 4.30. The van der Waals surface area contributed by atoms with Crippen LogP contribution < -0.4 is 5.32 Å². The van der Waals surface area contributed by atoms with Crippen LogP contribution in [0, 0.1) is 6.92 Å². The first-order valence-corrected chi connectivity index (χ1v) is 7.15. The smallest absolute Gasteiger partial charge is 0.0553 e. The highest BCUT2D eigenvalue weighted by Crippen LogP contribution is 2.30. The van der Waals surface area contributed by atoms with Crippen LogP contribution in [-0.2, 0) is 0 Å². The van der Waals surface area contributed by atoms with Gasteiger partial charge in [0.15, 0.2) is 0 Å². The molecule has 0 amide bonds. The van der Waals surface area contributed by atoms with E-state index in [1.807, 2.05) is 12.4 Å². The van der Waals surface area contributed by atoms with Gasteiger partial charge in [0, 0.05) is 12.4 Å². The Morgan fingerprint density at radius 2 is 2.22 bits per heavy atom. The highest BCUT2D eigenvalue weighted by molar-refractivity contribution is 5.32. The largest absolute Gasteiger partial charge is 0.307 e. The number of nitrogens with one attached hydrogen (secondary N) is 1. The van der Waals surface area contributed by atoms with E-state index in [0.717, 1.165) is 6.54 Å². The second-order valence-corrected chi connectivity index (χ2v) is 5.10. The van der Waals surface area contributed by atoms with E-state index in [4.69, 9.17) is 0 Å². The lowest BCUT2D eigenvalue weighted by Crippen LogP contribution is -2.23. The molecule has 0 fully saturated rings. The average Bonchev–Trinajstić information content (AvgIpc) is 2.66. The molecule has 1 aromatic rings. The molecule has 2 nitrogen and oxygen atoms in total. The van der Waals surface area contributed by atoms with E-state index >= 15 is 0 Å². The van der Waals surface area contributed by atoms with Crippen LogP contribution in [0.5, 0.6) is 0 Å². The second kappa shape index (κ2) is 6.69. The molecule has 18 heavy (non-hydrogen) atoms. The number of aryl methyl sites for hydroxylation is 1. The number of allylic oxidation sites excluding steroid dienone is 1. The van der Waals surface area contributed by atoms with Gasteiger partial charge in [-0.3, -0.25) is 4.98 Å². The predicted octanol–water partition coefficient (Wildman–Crippen LogP) is 3.93. The maximum absolute atomic E-state index is 4.30. The number of hydrogen-bond donors (Lipinski definition) is 1. The minimum Gasteiger partial charge on any atom is -0.307 e. The van der Waals surface area contributed by atoms with Gasteiger partial charge in [0.25, 0.3) is 0 Å². The van der Waals surface area contributed by atoms with Gasteiger partial charge < -0.3 is 5.32 Å². The van der Waals surface area contributed by atoms with Crippen LogP contribution in [0.25, 0.3) is 0 Å². The Labute approximate surface area is 111 Å². The molecule has 0 aliphatic heterocycles. The Kier molecular flexibility index (Phi) is 4.94. The van der Waals surface area contributed by atoms with Crippen LogP contribution in [0.2, 0.25) is 0 Å². The van der Waals surface area contributed by atoms with Crippen LogP contribution >= 0.6 is 0 Å². The minimum absolute atomic E-state index is 0.363. The van der Waals surface area contributed by atoms with Gasteiger partial charge in [0.05, 0.1) is 6.04 Å². The molecule has 0 saturated heterocycles. The molecule has 0 aromatic carbocycles. The quantitative estimate of drug-likeness (QED) is 0.812. The zero-order valence-electron chi connectivity index (χ0n) is 11.6. The molecular weight excluding hydrogens is 220 g/mol. The number of likely N-dealkylation sites (N-methyl/N-ethyl adjacent to an activating group) is 1. The lowest BCUT2D eigenvalue weighted by molar-refractivity contribution is 0.585. The summed E-state index contributed by atoms with van der Waals surface area (Å²) in [6.07, 6.45) is 12.8. The van der Waals surface area contributed by atoms with Gasteiger partial charge in [0.2, 0.25) is 0 Å². The molecular formula is C16H24N2. The van der Waals surface area contributed by atoms with Gasteiger partial charge in [-0.2, -0.15) is 0 Å². The maximum atomic E-state index is 4.30. The molecule has 1 atom stereocenters. The molecule has 0 spiro atoms. The van der Waals surface area contributed by atoms with Crippen LogP contribution in [0.4, 0.5) is 0 Å². The summed E-state index contributed by atoms with van der Waals surface area (Å²) in [6, 6.07) is 2.47. The molecule has 2 rings (SSSR count). The Hall–Kier alpha value is -1.15. The zero-order chi connectivity index (χ0) is 12.8. The fraction of sp³-hybridized carbons (Fsp3) is 0.562. The Balaban J connectivity index is 2.27. The van der Waals surface area contributed by atoms with Crippen molar-refractivity contribution in [3.05, 3.63) is 41.2 Å². The van der Waals surface area contributed by atoms with Crippen molar-refractivity contribution in [2.75, 3.05) is 6.54 Å². The SMILES string of the molecule is CCNC(C1=CCCCCC1)c1cnccc1C. The van der Waals surface area contributed by atoms with Crippen LogP contribution in [0.1, 0.15) is 56.2 Å². The average molecular weight is 244 g/mol. The van der Waals surface area contributed by atoms with Crippen molar-refractivity contribution in [1.29, 1.82) is 0 Å². The maximum Gasteiger partial charge on any atom is 0.0553 e. The second-order valence-electron chi connectivity index (χ2n) is 5.10. The van der Waals surface area contributed by atoms with E-state index in [9.17, 15) is 0 Å². The number of nitrogens with zero attached hydrogens (tertiary/aromatic N) is 1. The van der Waals surface area contributed by atoms with E-state index in [1.54, 1.807) is 5.57 Å². The fourth-order valence-electron chi connectivity index (χ4n) is 2.73. The summed E-state index contributed by atoms with van der Waals surface area (Å²) < 4.78 is 0. The highest BCUT2D eigenvalue weighted by atomic mass is 14.9.